The Morgan fingerprint density at radius 1 is 1.00 bits per heavy atom. The molecule has 2 N–H and O–H groups in total. The number of likely N-dealkylation sites (N-methyl/N-ethyl adjacent to an activating group) is 1. The van der Waals surface area contributed by atoms with E-state index in [1.165, 1.54) is 0 Å². The molecule has 0 heterocycles. The second-order valence-electron chi connectivity index (χ2n) is 6.46. The minimum atomic E-state index is -0.759. The first-order valence-electron chi connectivity index (χ1n) is 9.44. The molecule has 5 nitrogen and oxygen atoms in total. The monoisotopic (exact) mass is 353 g/mol. The highest BCUT2D eigenvalue weighted by molar-refractivity contribution is 5.75. The number of unbranched alkanes of at least 4 members (excludes halogenated alkanes) is 5. The Labute approximate surface area is 152 Å². The zero-order chi connectivity index (χ0) is 18.9. The SMILES string of the molecule is CCCCCC(O)/C=C/C=C\CN(C)C(=O)CCCCCCC(=O)O. The molecule has 0 aromatic heterocycles. The number of allylic oxidation sites excluding steroid dienone is 2. The van der Waals surface area contributed by atoms with Crippen LogP contribution < -0.4 is 0 Å². The lowest BCUT2D eigenvalue weighted by molar-refractivity contribution is -0.137. The number of carboxylic acid groups (broad SMARTS) is 1. The number of rotatable bonds is 15. The van der Waals surface area contributed by atoms with Gasteiger partial charge in [-0.15, -0.1) is 0 Å². The highest BCUT2D eigenvalue weighted by Gasteiger charge is 2.06. The van der Waals surface area contributed by atoms with E-state index in [-0.39, 0.29) is 12.3 Å². The Morgan fingerprint density at radius 3 is 2.32 bits per heavy atom. The fourth-order valence-electron chi connectivity index (χ4n) is 2.39. The van der Waals surface area contributed by atoms with Crippen molar-refractivity contribution in [1.29, 1.82) is 0 Å². The zero-order valence-electron chi connectivity index (χ0n) is 15.8. The normalized spacial score (nSPS) is 12.8. The molecule has 1 atom stereocenters. The number of aliphatic carboxylic acids is 1. The Bertz CT molecular complexity index is 418. The van der Waals surface area contributed by atoms with Crippen LogP contribution in [0.5, 0.6) is 0 Å². The lowest BCUT2D eigenvalue weighted by Crippen LogP contribution is -2.26. The number of aliphatic hydroxyl groups excluding tert-OH is 1. The van der Waals surface area contributed by atoms with Crippen LogP contribution in [0.15, 0.2) is 24.3 Å². The summed E-state index contributed by atoms with van der Waals surface area (Å²) in [6.07, 6.45) is 15.1. The molecule has 5 heteroatoms. The van der Waals surface area contributed by atoms with Crippen LogP contribution in [0, 0.1) is 0 Å². The summed E-state index contributed by atoms with van der Waals surface area (Å²) in [5.41, 5.74) is 0. The molecule has 0 bridgehead atoms. The summed E-state index contributed by atoms with van der Waals surface area (Å²) in [5.74, 6) is -0.656. The molecule has 144 valence electrons. The molecule has 0 aromatic rings. The van der Waals surface area contributed by atoms with Gasteiger partial charge in [0.15, 0.2) is 0 Å². The Kier molecular flexibility index (Phi) is 14.9. The lowest BCUT2D eigenvalue weighted by Gasteiger charge is -2.14. The molecule has 0 aliphatic carbocycles. The average Bonchev–Trinajstić information content (AvgIpc) is 2.57. The minimum absolute atomic E-state index is 0.103. The van der Waals surface area contributed by atoms with Crippen molar-refractivity contribution in [2.75, 3.05) is 13.6 Å². The maximum Gasteiger partial charge on any atom is 0.303 e. The van der Waals surface area contributed by atoms with Gasteiger partial charge in [0.1, 0.15) is 0 Å². The van der Waals surface area contributed by atoms with Crippen LogP contribution in [0.4, 0.5) is 0 Å². The number of hydrogen-bond acceptors (Lipinski definition) is 3. The van der Waals surface area contributed by atoms with Crippen molar-refractivity contribution in [1.82, 2.24) is 4.90 Å². The third kappa shape index (κ3) is 15.6. The van der Waals surface area contributed by atoms with Gasteiger partial charge in [-0.25, -0.2) is 0 Å². The van der Waals surface area contributed by atoms with Gasteiger partial charge in [-0.1, -0.05) is 63.3 Å². The molecular formula is C20H35NO4. The van der Waals surface area contributed by atoms with Crippen molar-refractivity contribution < 1.29 is 19.8 Å². The second-order valence-corrected chi connectivity index (χ2v) is 6.46. The molecule has 1 amide bonds. The number of amides is 1. The zero-order valence-corrected chi connectivity index (χ0v) is 15.8. The van der Waals surface area contributed by atoms with Crippen LogP contribution in [0.25, 0.3) is 0 Å². The molecule has 25 heavy (non-hydrogen) atoms. The topological polar surface area (TPSA) is 77.8 Å². The number of carboxylic acids is 1. The van der Waals surface area contributed by atoms with E-state index in [1.807, 2.05) is 18.2 Å². The van der Waals surface area contributed by atoms with Crippen LogP contribution in [0.3, 0.4) is 0 Å². The molecule has 0 aliphatic rings. The Morgan fingerprint density at radius 2 is 1.68 bits per heavy atom. The quantitative estimate of drug-likeness (QED) is 0.345. The second kappa shape index (κ2) is 15.9. The first kappa shape index (κ1) is 23.4. The number of hydrogen-bond donors (Lipinski definition) is 2. The van der Waals surface area contributed by atoms with Gasteiger partial charge in [0.05, 0.1) is 6.10 Å². The van der Waals surface area contributed by atoms with E-state index in [0.29, 0.717) is 19.4 Å². The third-order valence-electron chi connectivity index (χ3n) is 4.02. The molecule has 0 fully saturated rings. The van der Waals surface area contributed by atoms with Crippen molar-refractivity contribution >= 4 is 11.9 Å². The maximum absolute atomic E-state index is 11.9. The van der Waals surface area contributed by atoms with Crippen molar-refractivity contribution in [2.45, 2.75) is 77.2 Å². The van der Waals surface area contributed by atoms with Crippen molar-refractivity contribution in [3.05, 3.63) is 24.3 Å². The van der Waals surface area contributed by atoms with Crippen LogP contribution in [-0.2, 0) is 9.59 Å². The minimum Gasteiger partial charge on any atom is -0.481 e. The van der Waals surface area contributed by atoms with Gasteiger partial charge in [-0.2, -0.15) is 0 Å². The van der Waals surface area contributed by atoms with Gasteiger partial charge >= 0.3 is 5.97 Å². The molecule has 0 aromatic carbocycles. The van der Waals surface area contributed by atoms with Gasteiger partial charge in [-0.3, -0.25) is 9.59 Å². The summed E-state index contributed by atoms with van der Waals surface area (Å²) >= 11 is 0. The van der Waals surface area contributed by atoms with E-state index in [0.717, 1.165) is 44.9 Å². The lowest BCUT2D eigenvalue weighted by atomic mass is 10.1. The summed E-state index contributed by atoms with van der Waals surface area (Å²) in [7, 11) is 1.78. The van der Waals surface area contributed by atoms with E-state index in [1.54, 1.807) is 18.0 Å². The average molecular weight is 354 g/mol. The maximum atomic E-state index is 11.9. The molecular weight excluding hydrogens is 318 g/mol. The van der Waals surface area contributed by atoms with E-state index < -0.39 is 12.1 Å². The van der Waals surface area contributed by atoms with Crippen LogP contribution >= 0.6 is 0 Å². The van der Waals surface area contributed by atoms with E-state index in [2.05, 4.69) is 6.92 Å². The number of nitrogens with zero attached hydrogens (tertiary/aromatic N) is 1. The summed E-state index contributed by atoms with van der Waals surface area (Å²) in [4.78, 5) is 24.0. The summed E-state index contributed by atoms with van der Waals surface area (Å²) in [6, 6.07) is 0. The van der Waals surface area contributed by atoms with Crippen LogP contribution in [-0.4, -0.2) is 46.7 Å². The third-order valence-corrected chi connectivity index (χ3v) is 4.02. The molecule has 1 unspecified atom stereocenters. The largest absolute Gasteiger partial charge is 0.481 e. The van der Waals surface area contributed by atoms with Gasteiger partial charge in [0.2, 0.25) is 5.91 Å². The van der Waals surface area contributed by atoms with Crippen LogP contribution in [0.1, 0.15) is 71.1 Å². The smallest absolute Gasteiger partial charge is 0.303 e. The van der Waals surface area contributed by atoms with E-state index >= 15 is 0 Å². The number of aliphatic hydroxyl groups is 1. The first-order chi connectivity index (χ1) is 12.0. The van der Waals surface area contributed by atoms with Crippen molar-refractivity contribution in [3.63, 3.8) is 0 Å². The van der Waals surface area contributed by atoms with E-state index in [9.17, 15) is 14.7 Å². The highest BCUT2D eigenvalue weighted by Crippen LogP contribution is 2.07. The Balaban J connectivity index is 3.76. The van der Waals surface area contributed by atoms with Crippen molar-refractivity contribution in [3.8, 4) is 0 Å². The Hall–Kier alpha value is -1.62. The molecule has 0 saturated heterocycles. The standard InChI is InChI=1S/C20H35NO4/c1-3-4-8-13-18(22)14-9-7-12-17-21(2)19(23)15-10-5-6-11-16-20(24)25/h7,9,12,14,18,22H,3-6,8,10-11,13,15-17H2,1-2H3,(H,24,25)/b12-7-,14-9+. The first-order valence-corrected chi connectivity index (χ1v) is 9.44. The fourth-order valence-corrected chi connectivity index (χ4v) is 2.39. The van der Waals surface area contributed by atoms with Gasteiger partial charge in [0.25, 0.3) is 0 Å². The summed E-state index contributed by atoms with van der Waals surface area (Å²) in [5, 5.41) is 18.3. The fraction of sp³-hybridized carbons (Fsp3) is 0.700. The van der Waals surface area contributed by atoms with Crippen molar-refractivity contribution in [2.24, 2.45) is 0 Å². The van der Waals surface area contributed by atoms with Gasteiger partial charge < -0.3 is 15.1 Å². The van der Waals surface area contributed by atoms with Crippen LogP contribution in [0.2, 0.25) is 0 Å². The van der Waals surface area contributed by atoms with Gasteiger partial charge in [-0.05, 0) is 19.3 Å². The molecule has 0 spiro atoms. The molecule has 0 rings (SSSR count). The van der Waals surface area contributed by atoms with Gasteiger partial charge in [0, 0.05) is 26.4 Å². The molecule has 0 saturated carbocycles. The number of carbonyl (C=O) groups excluding carboxylic acids is 1. The molecule has 0 aliphatic heterocycles. The number of carbonyl (C=O) groups is 2. The van der Waals surface area contributed by atoms with E-state index in [4.69, 9.17) is 5.11 Å². The molecule has 0 radical (unpaired) electrons. The summed E-state index contributed by atoms with van der Waals surface area (Å²) < 4.78 is 0. The summed E-state index contributed by atoms with van der Waals surface area (Å²) in [6.45, 7) is 2.69. The predicted octanol–water partition coefficient (Wildman–Crippen LogP) is 3.92. The highest BCUT2D eigenvalue weighted by atomic mass is 16.4. The predicted molar refractivity (Wildman–Crippen MR) is 101 cm³/mol.